The molecule has 1 saturated carbocycles. The Hall–Kier alpha value is -1.56. The summed E-state index contributed by atoms with van der Waals surface area (Å²) < 4.78 is 13.8. The molecule has 1 aliphatic carbocycles. The van der Waals surface area contributed by atoms with Gasteiger partial charge in [0.2, 0.25) is 0 Å². The van der Waals surface area contributed by atoms with Crippen molar-refractivity contribution >= 4 is 5.69 Å². The minimum Gasteiger partial charge on any atom is -0.367 e. The third-order valence-electron chi connectivity index (χ3n) is 4.66. The minimum atomic E-state index is -0.391. The van der Waals surface area contributed by atoms with Crippen LogP contribution in [0.1, 0.15) is 44.1 Å². The highest BCUT2D eigenvalue weighted by Gasteiger charge is 2.34. The van der Waals surface area contributed by atoms with Crippen molar-refractivity contribution in [3.8, 4) is 6.07 Å². The third kappa shape index (κ3) is 2.20. The number of anilines is 1. The molecule has 0 unspecified atom stereocenters. The number of nitriles is 1. The fourth-order valence-corrected chi connectivity index (χ4v) is 3.79. The Balaban J connectivity index is 1.96. The molecule has 100 valence electrons. The molecule has 2 aliphatic rings. The van der Waals surface area contributed by atoms with E-state index in [1.807, 2.05) is 12.1 Å². The van der Waals surface area contributed by atoms with Crippen LogP contribution in [-0.4, -0.2) is 12.6 Å². The lowest BCUT2D eigenvalue weighted by molar-refractivity contribution is 0.243. The van der Waals surface area contributed by atoms with E-state index in [0.717, 1.165) is 24.6 Å². The predicted molar refractivity (Wildman–Crippen MR) is 73.4 cm³/mol. The maximum Gasteiger partial charge on any atom is 0.143 e. The molecule has 3 heteroatoms. The van der Waals surface area contributed by atoms with Gasteiger partial charge >= 0.3 is 0 Å². The molecule has 0 aromatic heterocycles. The monoisotopic (exact) mass is 258 g/mol. The lowest BCUT2D eigenvalue weighted by atomic mass is 9.78. The molecule has 0 radical (unpaired) electrons. The zero-order valence-electron chi connectivity index (χ0n) is 11.1. The summed E-state index contributed by atoms with van der Waals surface area (Å²) in [5.74, 6) is 0.343. The van der Waals surface area contributed by atoms with Crippen LogP contribution in [0.4, 0.5) is 10.1 Å². The molecule has 1 heterocycles. The van der Waals surface area contributed by atoms with Crippen molar-refractivity contribution in [2.75, 3.05) is 11.4 Å². The van der Waals surface area contributed by atoms with Crippen molar-refractivity contribution in [1.29, 1.82) is 5.26 Å². The Bertz CT molecular complexity index is 504. The molecule has 1 saturated heterocycles. The molecule has 0 bridgehead atoms. The van der Waals surface area contributed by atoms with Gasteiger partial charge in [-0.1, -0.05) is 18.9 Å². The van der Waals surface area contributed by atoms with Gasteiger partial charge in [0.05, 0.1) is 5.69 Å². The Labute approximate surface area is 113 Å². The van der Waals surface area contributed by atoms with Crippen LogP contribution in [0.25, 0.3) is 0 Å². The smallest absolute Gasteiger partial charge is 0.143 e. The summed E-state index contributed by atoms with van der Waals surface area (Å²) in [7, 11) is 0. The molecule has 2 atom stereocenters. The first-order valence-electron chi connectivity index (χ1n) is 7.26. The van der Waals surface area contributed by atoms with Gasteiger partial charge in [-0.15, -0.1) is 0 Å². The van der Waals surface area contributed by atoms with Gasteiger partial charge in [0.1, 0.15) is 17.4 Å². The fourth-order valence-electron chi connectivity index (χ4n) is 3.79. The van der Waals surface area contributed by atoms with E-state index >= 15 is 0 Å². The van der Waals surface area contributed by atoms with Crippen LogP contribution in [0.5, 0.6) is 0 Å². The van der Waals surface area contributed by atoms with E-state index in [1.54, 1.807) is 6.07 Å². The molecule has 19 heavy (non-hydrogen) atoms. The highest BCUT2D eigenvalue weighted by molar-refractivity contribution is 5.60. The van der Waals surface area contributed by atoms with Crippen LogP contribution < -0.4 is 4.90 Å². The van der Waals surface area contributed by atoms with Gasteiger partial charge in [-0.25, -0.2) is 4.39 Å². The van der Waals surface area contributed by atoms with E-state index in [4.69, 9.17) is 0 Å². The van der Waals surface area contributed by atoms with E-state index in [0.29, 0.717) is 6.04 Å². The molecule has 2 fully saturated rings. The number of hydrogen-bond donors (Lipinski definition) is 0. The Morgan fingerprint density at radius 2 is 1.95 bits per heavy atom. The second-order valence-corrected chi connectivity index (χ2v) is 5.69. The second kappa shape index (κ2) is 5.21. The summed E-state index contributed by atoms with van der Waals surface area (Å²) in [6, 6.07) is 7.55. The molecule has 2 nitrogen and oxygen atoms in total. The van der Waals surface area contributed by atoms with Gasteiger partial charge in [-0.3, -0.25) is 0 Å². The van der Waals surface area contributed by atoms with Crippen LogP contribution in [0, 0.1) is 23.1 Å². The molecule has 0 amide bonds. The highest BCUT2D eigenvalue weighted by atomic mass is 19.1. The van der Waals surface area contributed by atoms with Gasteiger partial charge in [-0.2, -0.15) is 5.26 Å². The lowest BCUT2D eigenvalue weighted by Gasteiger charge is -2.45. The van der Waals surface area contributed by atoms with E-state index in [2.05, 4.69) is 4.90 Å². The number of benzene rings is 1. The molecule has 1 aromatic carbocycles. The predicted octanol–water partition coefficient (Wildman–Crippen LogP) is 3.86. The van der Waals surface area contributed by atoms with E-state index in [9.17, 15) is 9.65 Å². The number of halogens is 1. The van der Waals surface area contributed by atoms with Crippen LogP contribution in [0.3, 0.4) is 0 Å². The summed E-state index contributed by atoms with van der Waals surface area (Å²) in [4.78, 5) is 2.30. The minimum absolute atomic E-state index is 0.216. The summed E-state index contributed by atoms with van der Waals surface area (Å²) in [5, 5.41) is 9.21. The van der Waals surface area contributed by atoms with Crippen LogP contribution in [0.15, 0.2) is 18.2 Å². The van der Waals surface area contributed by atoms with E-state index < -0.39 is 5.82 Å². The van der Waals surface area contributed by atoms with Crippen LogP contribution in [-0.2, 0) is 0 Å². The average molecular weight is 258 g/mol. The van der Waals surface area contributed by atoms with Gasteiger partial charge in [-0.05, 0) is 43.7 Å². The molecule has 1 aromatic rings. The standard InChI is InChI=1S/C16H19FN2/c17-14-7-3-9-16(13(14)11-18)19-10-4-6-12-5-1-2-8-15(12)19/h3,7,9,12,15H,1-2,4-6,8,10H2/t12-,15-/m1/s1. The van der Waals surface area contributed by atoms with Gasteiger partial charge < -0.3 is 4.90 Å². The Kier molecular flexibility index (Phi) is 3.42. The molecular formula is C16H19FN2. The first kappa shape index (κ1) is 12.5. The fraction of sp³-hybridized carbons (Fsp3) is 0.562. The normalized spacial score (nSPS) is 26.6. The van der Waals surface area contributed by atoms with Gasteiger partial charge in [0, 0.05) is 12.6 Å². The zero-order chi connectivity index (χ0) is 13.2. The van der Waals surface area contributed by atoms with Crippen molar-refractivity contribution in [3.05, 3.63) is 29.6 Å². The summed E-state index contributed by atoms with van der Waals surface area (Å²) in [6.45, 7) is 0.958. The number of nitrogens with zero attached hydrogens (tertiary/aromatic N) is 2. The quantitative estimate of drug-likeness (QED) is 0.765. The highest BCUT2D eigenvalue weighted by Crippen LogP contribution is 2.38. The largest absolute Gasteiger partial charge is 0.367 e. The van der Waals surface area contributed by atoms with Crippen molar-refractivity contribution in [2.24, 2.45) is 5.92 Å². The first-order chi connectivity index (χ1) is 9.31. The van der Waals surface area contributed by atoms with Crippen molar-refractivity contribution in [3.63, 3.8) is 0 Å². The van der Waals surface area contributed by atoms with Gasteiger partial charge in [0.25, 0.3) is 0 Å². The van der Waals surface area contributed by atoms with Crippen LogP contribution in [0.2, 0.25) is 0 Å². The summed E-state index contributed by atoms with van der Waals surface area (Å²) >= 11 is 0. The topological polar surface area (TPSA) is 27.0 Å². The second-order valence-electron chi connectivity index (χ2n) is 5.69. The maximum absolute atomic E-state index is 13.8. The first-order valence-corrected chi connectivity index (χ1v) is 7.26. The average Bonchev–Trinajstić information content (AvgIpc) is 2.46. The number of piperidine rings is 1. The molecule has 0 spiro atoms. The van der Waals surface area contributed by atoms with E-state index in [-0.39, 0.29) is 5.56 Å². The number of rotatable bonds is 1. The lowest BCUT2D eigenvalue weighted by Crippen LogP contribution is -2.47. The van der Waals surface area contributed by atoms with Crippen molar-refractivity contribution in [1.82, 2.24) is 0 Å². The number of hydrogen-bond acceptors (Lipinski definition) is 2. The number of fused-ring (bicyclic) bond motifs is 1. The Morgan fingerprint density at radius 1 is 1.16 bits per heavy atom. The summed E-state index contributed by atoms with van der Waals surface area (Å²) in [5.41, 5.74) is 1.02. The molecule has 0 N–H and O–H groups in total. The molecule has 1 aliphatic heterocycles. The van der Waals surface area contributed by atoms with E-state index in [1.165, 1.54) is 38.2 Å². The Morgan fingerprint density at radius 3 is 2.79 bits per heavy atom. The molecule has 3 rings (SSSR count). The SMILES string of the molecule is N#Cc1c(F)cccc1N1CCC[C@H]2CCCC[C@H]21. The summed E-state index contributed by atoms with van der Waals surface area (Å²) in [6.07, 6.45) is 7.50. The van der Waals surface area contributed by atoms with Crippen molar-refractivity contribution < 1.29 is 4.39 Å². The maximum atomic E-state index is 13.8. The van der Waals surface area contributed by atoms with Gasteiger partial charge in [0.15, 0.2) is 0 Å². The molecular weight excluding hydrogens is 239 g/mol. The zero-order valence-corrected chi connectivity index (χ0v) is 11.1. The van der Waals surface area contributed by atoms with Crippen molar-refractivity contribution in [2.45, 2.75) is 44.6 Å². The van der Waals surface area contributed by atoms with Crippen LogP contribution >= 0.6 is 0 Å². The third-order valence-corrected chi connectivity index (χ3v) is 4.66.